The summed E-state index contributed by atoms with van der Waals surface area (Å²) in [4.78, 5) is 24.2. The highest BCUT2D eigenvalue weighted by molar-refractivity contribution is 7.89. The number of carbonyl (C=O) groups is 2. The summed E-state index contributed by atoms with van der Waals surface area (Å²) in [7, 11) is -4.07. The van der Waals surface area contributed by atoms with Crippen molar-refractivity contribution in [1.29, 1.82) is 0 Å². The molecule has 0 spiro atoms. The number of carboxylic acid groups (broad SMARTS) is 1. The van der Waals surface area contributed by atoms with E-state index in [1.54, 1.807) is 24.3 Å². The first-order chi connectivity index (χ1) is 17.3. The van der Waals surface area contributed by atoms with Crippen molar-refractivity contribution >= 4 is 39.2 Å². The minimum atomic E-state index is -4.07. The Morgan fingerprint density at radius 1 is 1.16 bits per heavy atom. The number of carbonyl (C=O) groups excluding carboxylic acids is 1. The number of halogens is 1. The molecule has 12 heteroatoms. The van der Waals surface area contributed by atoms with Crippen LogP contribution < -0.4 is 14.8 Å². The fourth-order valence-electron chi connectivity index (χ4n) is 3.40. The molecule has 198 valence electrons. The molecule has 10 nitrogen and oxygen atoms in total. The van der Waals surface area contributed by atoms with Crippen molar-refractivity contribution in [1.82, 2.24) is 14.5 Å². The highest BCUT2D eigenvalue weighted by atomic mass is 35.5. The van der Waals surface area contributed by atoms with E-state index in [2.05, 4.69) is 15.1 Å². The largest absolute Gasteiger partial charge is 0.476 e. The van der Waals surface area contributed by atoms with E-state index >= 15 is 0 Å². The van der Waals surface area contributed by atoms with Crippen LogP contribution in [0.4, 0.5) is 5.69 Å². The van der Waals surface area contributed by atoms with E-state index in [0.29, 0.717) is 6.42 Å². The molecule has 0 saturated carbocycles. The van der Waals surface area contributed by atoms with Crippen LogP contribution in [0.5, 0.6) is 11.6 Å². The fourth-order valence-corrected chi connectivity index (χ4v) is 4.91. The van der Waals surface area contributed by atoms with Crippen LogP contribution in [-0.2, 0) is 15.6 Å². The molecule has 0 saturated heterocycles. The van der Waals surface area contributed by atoms with E-state index in [1.165, 1.54) is 29.8 Å². The van der Waals surface area contributed by atoms with E-state index in [9.17, 15) is 23.1 Å². The molecule has 0 unspecified atom stereocenters. The summed E-state index contributed by atoms with van der Waals surface area (Å²) in [6.07, 6.45) is 0.552. The third kappa shape index (κ3) is 6.30. The van der Waals surface area contributed by atoms with Crippen LogP contribution in [0.2, 0.25) is 5.02 Å². The maximum absolute atomic E-state index is 13.2. The number of hydrogen-bond donors (Lipinski definition) is 3. The lowest BCUT2D eigenvalue weighted by Crippen LogP contribution is -2.26. The van der Waals surface area contributed by atoms with Crippen molar-refractivity contribution < 1.29 is 27.9 Å². The van der Waals surface area contributed by atoms with Crippen molar-refractivity contribution in [2.75, 3.05) is 11.9 Å². The van der Waals surface area contributed by atoms with Gasteiger partial charge in [0, 0.05) is 17.8 Å². The molecule has 0 atom stereocenters. The molecule has 3 N–H and O–H groups in total. The average molecular weight is 549 g/mol. The number of nitrogens with one attached hydrogen (secondary N) is 2. The number of rotatable bonds is 9. The molecule has 0 aliphatic heterocycles. The van der Waals surface area contributed by atoms with Crippen LogP contribution >= 0.6 is 11.6 Å². The number of aromatic nitrogens is 2. The quantitative estimate of drug-likeness (QED) is 0.340. The number of amides is 1. The summed E-state index contributed by atoms with van der Waals surface area (Å²) < 4.78 is 36.3. The normalized spacial score (nSPS) is 11.8. The first-order valence-electron chi connectivity index (χ1n) is 11.5. The molecule has 1 heterocycles. The smallest absolute Gasteiger partial charge is 0.356 e. The lowest BCUT2D eigenvalue weighted by molar-refractivity contribution is 0.0687. The van der Waals surface area contributed by atoms with E-state index < -0.39 is 27.4 Å². The lowest BCUT2D eigenvalue weighted by Gasteiger charge is -2.23. The maximum atomic E-state index is 13.2. The Kier molecular flexibility index (Phi) is 8.31. The zero-order chi connectivity index (χ0) is 27.5. The highest BCUT2D eigenvalue weighted by Crippen LogP contribution is 2.36. The summed E-state index contributed by atoms with van der Waals surface area (Å²) in [6.45, 7) is 8.97. The molecule has 0 fully saturated rings. The van der Waals surface area contributed by atoms with Gasteiger partial charge < -0.3 is 15.2 Å². The van der Waals surface area contributed by atoms with Crippen LogP contribution in [0.3, 0.4) is 0 Å². The topological polar surface area (TPSA) is 140 Å². The van der Waals surface area contributed by atoms with Gasteiger partial charge >= 0.3 is 5.97 Å². The molecular weight excluding hydrogens is 520 g/mol. The molecule has 0 aliphatic rings. The summed E-state index contributed by atoms with van der Waals surface area (Å²) in [6, 6.07) is 10.6. The van der Waals surface area contributed by atoms with Crippen molar-refractivity contribution in [2.45, 2.75) is 51.5 Å². The Balaban J connectivity index is 2.10. The predicted octanol–water partition coefficient (Wildman–Crippen LogP) is 5.03. The van der Waals surface area contributed by atoms with Gasteiger partial charge in [-0.2, -0.15) is 5.10 Å². The van der Waals surface area contributed by atoms with E-state index in [-0.39, 0.29) is 50.6 Å². The van der Waals surface area contributed by atoms with Crippen LogP contribution in [0, 0.1) is 6.92 Å². The van der Waals surface area contributed by atoms with Crippen LogP contribution in [0.1, 0.15) is 60.5 Å². The first kappa shape index (κ1) is 28.2. The summed E-state index contributed by atoms with van der Waals surface area (Å²) >= 11 is 6.12. The van der Waals surface area contributed by atoms with Crippen LogP contribution in [-0.4, -0.2) is 41.7 Å². The molecule has 0 bridgehead atoms. The van der Waals surface area contributed by atoms with Gasteiger partial charge in [0.15, 0.2) is 5.69 Å². The third-order valence-electron chi connectivity index (χ3n) is 5.26. The molecule has 2 aromatic carbocycles. The van der Waals surface area contributed by atoms with E-state index in [1.807, 2.05) is 27.7 Å². The van der Waals surface area contributed by atoms with Crippen molar-refractivity contribution in [2.24, 2.45) is 0 Å². The standard InChI is InChI=1S/C25H29ClN4O6S/c1-6-13-27-37(34,35)20-14-16(28-22(31)17-9-7-8-10-18(17)26)11-12-19(20)36-23-15(2)21(24(32)33)29-30(23)25(3,4)5/h7-12,14,27H,6,13H2,1-5H3,(H,28,31)(H,32,33). The number of aromatic carboxylic acids is 1. The minimum absolute atomic E-state index is 0.0650. The molecule has 3 aromatic rings. The Labute approximate surface area is 220 Å². The SMILES string of the molecule is CCCNS(=O)(=O)c1cc(NC(=O)c2ccccc2Cl)ccc1Oc1c(C)c(C(=O)O)nn1C(C)(C)C. The monoisotopic (exact) mass is 548 g/mol. The third-order valence-corrected chi connectivity index (χ3v) is 7.08. The van der Waals surface area contributed by atoms with Gasteiger partial charge in [0.05, 0.1) is 16.1 Å². The summed E-state index contributed by atoms with van der Waals surface area (Å²) in [5, 5.41) is 16.6. The Hall–Kier alpha value is -3.41. The lowest BCUT2D eigenvalue weighted by atomic mass is 10.1. The molecule has 1 aromatic heterocycles. The van der Waals surface area contributed by atoms with Gasteiger partial charge in [-0.15, -0.1) is 0 Å². The predicted molar refractivity (Wildman–Crippen MR) is 140 cm³/mol. The number of nitrogens with zero attached hydrogens (tertiary/aromatic N) is 2. The number of sulfonamides is 1. The number of ether oxygens (including phenoxy) is 1. The molecule has 1 amide bonds. The zero-order valence-corrected chi connectivity index (χ0v) is 22.7. The van der Waals surface area contributed by atoms with Gasteiger partial charge in [-0.05, 0) is 64.4 Å². The van der Waals surface area contributed by atoms with Crippen LogP contribution in [0.15, 0.2) is 47.4 Å². The van der Waals surface area contributed by atoms with Crippen LogP contribution in [0.25, 0.3) is 0 Å². The summed E-state index contributed by atoms with van der Waals surface area (Å²) in [5.74, 6) is -1.73. The number of hydrogen-bond acceptors (Lipinski definition) is 6. The zero-order valence-electron chi connectivity index (χ0n) is 21.1. The molecular formula is C25H29ClN4O6S. The number of anilines is 1. The van der Waals surface area contributed by atoms with Crippen molar-refractivity contribution in [3.63, 3.8) is 0 Å². The average Bonchev–Trinajstić information content (AvgIpc) is 3.15. The number of benzene rings is 2. The van der Waals surface area contributed by atoms with E-state index in [0.717, 1.165) is 0 Å². The van der Waals surface area contributed by atoms with Gasteiger partial charge in [-0.3, -0.25) is 4.79 Å². The van der Waals surface area contributed by atoms with Crippen molar-refractivity contribution in [3.05, 3.63) is 64.3 Å². The van der Waals surface area contributed by atoms with E-state index in [4.69, 9.17) is 16.3 Å². The van der Waals surface area contributed by atoms with Gasteiger partial charge in [-0.1, -0.05) is 30.7 Å². The second kappa shape index (κ2) is 10.9. The fraction of sp³-hybridized carbons (Fsp3) is 0.320. The van der Waals surface area contributed by atoms with Gasteiger partial charge in [0.1, 0.15) is 10.6 Å². The molecule has 37 heavy (non-hydrogen) atoms. The minimum Gasteiger partial charge on any atom is -0.476 e. The second-order valence-corrected chi connectivity index (χ2v) is 11.4. The highest BCUT2D eigenvalue weighted by Gasteiger charge is 2.29. The van der Waals surface area contributed by atoms with Gasteiger partial charge in [0.2, 0.25) is 15.9 Å². The molecule has 0 radical (unpaired) electrons. The van der Waals surface area contributed by atoms with Gasteiger partial charge in [0.25, 0.3) is 5.91 Å². The Morgan fingerprint density at radius 2 is 1.84 bits per heavy atom. The number of carboxylic acids is 1. The van der Waals surface area contributed by atoms with Crippen molar-refractivity contribution in [3.8, 4) is 11.6 Å². The Morgan fingerprint density at radius 3 is 2.43 bits per heavy atom. The summed E-state index contributed by atoms with van der Waals surface area (Å²) in [5.41, 5.74) is -0.216. The molecule has 3 rings (SSSR count). The Bertz CT molecular complexity index is 1440. The van der Waals surface area contributed by atoms with Gasteiger partial charge in [-0.25, -0.2) is 22.6 Å². The second-order valence-electron chi connectivity index (χ2n) is 9.26. The first-order valence-corrected chi connectivity index (χ1v) is 13.3. The molecule has 0 aliphatic carbocycles. The maximum Gasteiger partial charge on any atom is 0.356 e.